The normalized spacial score (nSPS) is 20.1. The third-order valence-electron chi connectivity index (χ3n) is 23.9. The molecule has 10 heteroatoms. The average molecular weight is 1460 g/mol. The van der Waals surface area contributed by atoms with Crippen LogP contribution in [-0.2, 0) is 25.7 Å². The Morgan fingerprint density at radius 1 is 0.264 bits per heavy atom. The lowest BCUT2D eigenvalue weighted by atomic mass is 9.68. The summed E-state index contributed by atoms with van der Waals surface area (Å²) in [5.74, 6) is -0.557. The minimum Gasteiger partial charge on any atom is -0.491 e. The van der Waals surface area contributed by atoms with Crippen molar-refractivity contribution in [3.8, 4) is 56.0 Å². The van der Waals surface area contributed by atoms with Gasteiger partial charge in [-0.15, -0.1) is 0 Å². The molecule has 0 spiro atoms. The van der Waals surface area contributed by atoms with Gasteiger partial charge in [0.25, 0.3) is 0 Å². The van der Waals surface area contributed by atoms with Crippen LogP contribution in [0, 0.1) is 82.0 Å². The fourth-order valence-corrected chi connectivity index (χ4v) is 17.3. The van der Waals surface area contributed by atoms with Gasteiger partial charge in [0, 0.05) is 22.3 Å². The molecule has 0 amide bonds. The first-order valence-electron chi connectivity index (χ1n) is 41.1. The summed E-state index contributed by atoms with van der Waals surface area (Å²) in [5, 5.41) is 0. The molecule has 0 atom stereocenters. The van der Waals surface area contributed by atoms with Gasteiger partial charge in [-0.1, -0.05) is 258 Å². The van der Waals surface area contributed by atoms with Crippen LogP contribution in [0.2, 0.25) is 0 Å². The van der Waals surface area contributed by atoms with E-state index in [1.54, 1.807) is 62.4 Å². The Hall–Kier alpha value is -7.20. The number of aryl methyl sites for hydroxylation is 4. The molecule has 0 radical (unpaired) electrons. The average Bonchev–Trinajstić information content (AvgIpc) is 0.818. The van der Waals surface area contributed by atoms with Gasteiger partial charge < -0.3 is 9.47 Å². The van der Waals surface area contributed by atoms with Crippen molar-refractivity contribution >= 4 is 0 Å². The van der Waals surface area contributed by atoms with Crippen molar-refractivity contribution in [2.45, 2.75) is 260 Å². The SMILES string of the molecule is CCCCC1CCC(C2CCC(c3ccc(OCC)c(F)c3F)CC2)CC1.CCCCCC1CCC(C2CCC(c3ccc(OCC)c(F)c3F)CC2)CC1.CCCCc1ccc(-c2ccc(-c3ccc(CC)cc3)c(F)c2F)cc1.CCCc1ccc(-c2ccc(-c3ccc(CC)cc3)c(F)c2F)cc1. The fraction of sp³-hybridized carbons (Fsp3) is 0.500. The molecule has 0 unspecified atom stereocenters. The highest BCUT2D eigenvalue weighted by atomic mass is 19.2. The van der Waals surface area contributed by atoms with Crippen LogP contribution in [0.4, 0.5) is 35.1 Å². The lowest BCUT2D eigenvalue weighted by Gasteiger charge is -2.38. The molecule has 572 valence electrons. The third kappa shape index (κ3) is 22.5. The number of halogens is 8. The molecule has 4 fully saturated rings. The first-order valence-corrected chi connectivity index (χ1v) is 41.1. The molecular weight excluding hydrogens is 1340 g/mol. The van der Waals surface area contributed by atoms with Crippen LogP contribution in [0.15, 0.2) is 146 Å². The summed E-state index contributed by atoms with van der Waals surface area (Å²) in [6.45, 7) is 17.2. The van der Waals surface area contributed by atoms with Crippen molar-refractivity contribution in [2.75, 3.05) is 13.2 Å². The molecule has 8 aromatic carbocycles. The standard InChI is InChI=1S/C25H38F2O.C24H36F2O.C24H24F2.C23H22F2/c1-3-5-6-7-18-8-10-19(11-9-18)20-12-14-21(15-13-20)22-16-17-23(28-4-2)25(27)24(22)26;1-3-5-6-17-7-9-18(10-8-17)19-11-13-20(14-12-19)21-15-16-22(27-4-2)24(26)23(21)25;1-3-5-6-18-9-13-20(14-10-18)22-16-15-21(23(25)24(22)26)19-11-7-17(4-2)8-12-19;1-3-5-17-8-12-19(13-9-17)21-15-14-20(22(24)23(21)25)18-10-6-16(4-2)7-11-18/h16-21H,3-15H2,1-2H3;15-20H,3-14H2,1-2H3;7-16H,3-6H2,1-2H3;6-15H,3-5H2,1-2H3. The predicted molar refractivity (Wildman–Crippen MR) is 425 cm³/mol. The summed E-state index contributed by atoms with van der Waals surface area (Å²) in [5.41, 5.74) is 9.88. The largest absolute Gasteiger partial charge is 0.491 e. The van der Waals surface area contributed by atoms with Crippen LogP contribution >= 0.6 is 0 Å². The molecule has 4 aliphatic rings. The summed E-state index contributed by atoms with van der Waals surface area (Å²) in [6, 6.07) is 44.0. The topological polar surface area (TPSA) is 18.5 Å². The van der Waals surface area contributed by atoms with Crippen LogP contribution in [0.3, 0.4) is 0 Å². The molecule has 0 N–H and O–H groups in total. The second-order valence-corrected chi connectivity index (χ2v) is 30.8. The zero-order valence-corrected chi connectivity index (χ0v) is 64.9. The van der Waals surface area contributed by atoms with Crippen molar-refractivity contribution in [3.05, 3.63) is 226 Å². The van der Waals surface area contributed by atoms with Crippen molar-refractivity contribution in [1.82, 2.24) is 0 Å². The van der Waals surface area contributed by atoms with Crippen LogP contribution in [0.25, 0.3) is 44.5 Å². The Kier molecular flexibility index (Phi) is 33.2. The van der Waals surface area contributed by atoms with Gasteiger partial charge in [-0.2, -0.15) is 8.78 Å². The Labute approximate surface area is 631 Å². The molecule has 4 saturated carbocycles. The van der Waals surface area contributed by atoms with Crippen LogP contribution in [-0.4, -0.2) is 13.2 Å². The van der Waals surface area contributed by atoms with Crippen molar-refractivity contribution in [2.24, 2.45) is 35.5 Å². The quantitative estimate of drug-likeness (QED) is 0.0397. The van der Waals surface area contributed by atoms with E-state index in [2.05, 4.69) is 41.5 Å². The van der Waals surface area contributed by atoms with Gasteiger partial charge in [0.1, 0.15) is 0 Å². The van der Waals surface area contributed by atoms with E-state index in [0.29, 0.717) is 68.8 Å². The van der Waals surface area contributed by atoms with Crippen molar-refractivity contribution < 1.29 is 44.6 Å². The summed E-state index contributed by atoms with van der Waals surface area (Å²) in [6.07, 6.45) is 36.6. The van der Waals surface area contributed by atoms with Gasteiger partial charge in [0.05, 0.1) is 13.2 Å². The number of unbranched alkanes of at least 4 members (excludes halogenated alkanes) is 4. The predicted octanol–water partition coefficient (Wildman–Crippen LogP) is 29.7. The molecule has 106 heavy (non-hydrogen) atoms. The number of hydrogen-bond donors (Lipinski definition) is 0. The zero-order valence-electron chi connectivity index (χ0n) is 64.9. The maximum atomic E-state index is 14.7. The van der Waals surface area contributed by atoms with Gasteiger partial charge in [-0.3, -0.25) is 0 Å². The van der Waals surface area contributed by atoms with Gasteiger partial charge in [-0.05, 0) is 238 Å². The lowest BCUT2D eigenvalue weighted by Crippen LogP contribution is -2.25. The number of hydrogen-bond acceptors (Lipinski definition) is 2. The smallest absolute Gasteiger partial charge is 0.200 e. The van der Waals surface area contributed by atoms with Crippen molar-refractivity contribution in [3.63, 3.8) is 0 Å². The minimum absolute atomic E-state index is 0.0345. The van der Waals surface area contributed by atoms with Gasteiger partial charge >= 0.3 is 0 Å². The maximum Gasteiger partial charge on any atom is 0.200 e. The summed E-state index contributed by atoms with van der Waals surface area (Å²) < 4.78 is 127. The van der Waals surface area contributed by atoms with E-state index >= 15 is 0 Å². The molecule has 0 saturated heterocycles. The maximum absolute atomic E-state index is 14.7. The van der Waals surface area contributed by atoms with E-state index in [4.69, 9.17) is 9.47 Å². The van der Waals surface area contributed by atoms with E-state index in [-0.39, 0.29) is 23.3 Å². The third-order valence-corrected chi connectivity index (χ3v) is 23.9. The van der Waals surface area contributed by atoms with E-state index in [1.165, 1.54) is 144 Å². The summed E-state index contributed by atoms with van der Waals surface area (Å²) in [4.78, 5) is 0. The van der Waals surface area contributed by atoms with Crippen LogP contribution < -0.4 is 9.47 Å². The van der Waals surface area contributed by atoms with Crippen LogP contribution in [0.5, 0.6) is 11.5 Å². The molecule has 0 aliphatic heterocycles. The Morgan fingerprint density at radius 3 is 0.868 bits per heavy atom. The second kappa shape index (κ2) is 42.5. The first kappa shape index (κ1) is 82.8. The highest BCUT2D eigenvalue weighted by Gasteiger charge is 2.35. The monoisotopic (exact) mass is 1460 g/mol. The molecular formula is C96H120F8O2. The highest BCUT2D eigenvalue weighted by Crippen LogP contribution is 2.48. The molecule has 8 aromatic rings. The molecule has 0 aromatic heterocycles. The van der Waals surface area contributed by atoms with Crippen LogP contribution in [0.1, 0.15) is 268 Å². The zero-order chi connectivity index (χ0) is 75.5. The number of benzene rings is 8. The minimum atomic E-state index is -0.818. The molecule has 4 aliphatic carbocycles. The van der Waals surface area contributed by atoms with E-state index < -0.39 is 46.5 Å². The Balaban J connectivity index is 0.000000164. The summed E-state index contributed by atoms with van der Waals surface area (Å²) >= 11 is 0. The van der Waals surface area contributed by atoms with E-state index in [9.17, 15) is 35.1 Å². The van der Waals surface area contributed by atoms with Crippen molar-refractivity contribution in [1.29, 1.82) is 0 Å². The van der Waals surface area contributed by atoms with Gasteiger partial charge in [0.2, 0.25) is 11.6 Å². The lowest BCUT2D eigenvalue weighted by molar-refractivity contribution is 0.155. The summed E-state index contributed by atoms with van der Waals surface area (Å²) in [7, 11) is 0. The molecule has 12 rings (SSSR count). The number of ether oxygens (including phenoxy) is 2. The fourth-order valence-electron chi connectivity index (χ4n) is 17.3. The first-order chi connectivity index (χ1) is 51.5. The highest BCUT2D eigenvalue weighted by molar-refractivity contribution is 5.73. The van der Waals surface area contributed by atoms with E-state index in [1.807, 2.05) is 97.1 Å². The molecule has 2 nitrogen and oxygen atoms in total. The second-order valence-electron chi connectivity index (χ2n) is 30.8. The Morgan fingerprint density at radius 2 is 0.566 bits per heavy atom. The molecule has 0 bridgehead atoms. The van der Waals surface area contributed by atoms with Gasteiger partial charge in [0.15, 0.2) is 46.4 Å². The molecule has 0 heterocycles. The van der Waals surface area contributed by atoms with Gasteiger partial charge in [-0.25, -0.2) is 26.3 Å². The van der Waals surface area contributed by atoms with E-state index in [0.717, 1.165) is 106 Å². The number of rotatable bonds is 26. The Bertz CT molecular complexity index is 3910.